The molecular formula is C15H13BrF3NO. The molecule has 0 amide bonds. The minimum atomic E-state index is -4.37. The van der Waals surface area contributed by atoms with Crippen LogP contribution < -0.4 is 5.32 Å². The zero-order valence-corrected chi connectivity index (χ0v) is 12.4. The highest BCUT2D eigenvalue weighted by Crippen LogP contribution is 2.34. The molecule has 0 radical (unpaired) electrons. The molecule has 0 fully saturated rings. The summed E-state index contributed by atoms with van der Waals surface area (Å²) in [5.74, 6) is 0. The Bertz CT molecular complexity index is 602. The van der Waals surface area contributed by atoms with Crippen molar-refractivity contribution in [2.45, 2.75) is 12.3 Å². The standard InChI is InChI=1S/C15H13BrF3NO/c16-12-8-11(15(17,18)19)6-7-13(12)20-9-14(21)10-4-2-1-3-5-10/h1-8,14,20-21H,9H2. The van der Waals surface area contributed by atoms with Gasteiger partial charge < -0.3 is 10.4 Å². The lowest BCUT2D eigenvalue weighted by atomic mass is 10.1. The highest BCUT2D eigenvalue weighted by Gasteiger charge is 2.30. The fourth-order valence-corrected chi connectivity index (χ4v) is 2.35. The molecule has 0 saturated heterocycles. The van der Waals surface area contributed by atoms with Crippen molar-refractivity contribution in [3.05, 3.63) is 64.1 Å². The molecule has 1 atom stereocenters. The van der Waals surface area contributed by atoms with Gasteiger partial charge >= 0.3 is 6.18 Å². The Morgan fingerprint density at radius 1 is 1.10 bits per heavy atom. The second kappa shape index (κ2) is 6.49. The van der Waals surface area contributed by atoms with Crippen LogP contribution in [0.4, 0.5) is 18.9 Å². The number of aliphatic hydroxyl groups is 1. The largest absolute Gasteiger partial charge is 0.416 e. The molecule has 2 nitrogen and oxygen atoms in total. The van der Waals surface area contributed by atoms with Crippen molar-refractivity contribution in [1.29, 1.82) is 0 Å². The fraction of sp³-hybridized carbons (Fsp3) is 0.200. The van der Waals surface area contributed by atoms with Crippen LogP contribution in [-0.2, 0) is 6.18 Å². The molecule has 0 bridgehead atoms. The summed E-state index contributed by atoms with van der Waals surface area (Å²) in [6.45, 7) is 0.202. The predicted molar refractivity (Wildman–Crippen MR) is 79.0 cm³/mol. The molecule has 0 aromatic heterocycles. The average molecular weight is 360 g/mol. The maximum Gasteiger partial charge on any atom is 0.416 e. The van der Waals surface area contributed by atoms with Gasteiger partial charge in [0.1, 0.15) is 0 Å². The van der Waals surface area contributed by atoms with E-state index in [0.29, 0.717) is 10.2 Å². The van der Waals surface area contributed by atoms with Crippen LogP contribution in [0.15, 0.2) is 53.0 Å². The third-order valence-electron chi connectivity index (χ3n) is 2.97. The number of hydrogen-bond acceptors (Lipinski definition) is 2. The van der Waals surface area contributed by atoms with Crippen molar-refractivity contribution in [1.82, 2.24) is 0 Å². The van der Waals surface area contributed by atoms with E-state index < -0.39 is 17.8 Å². The lowest BCUT2D eigenvalue weighted by Crippen LogP contribution is -2.13. The number of nitrogens with one attached hydrogen (secondary N) is 1. The smallest absolute Gasteiger partial charge is 0.387 e. The first kappa shape index (κ1) is 15.9. The van der Waals surface area contributed by atoms with Gasteiger partial charge in [-0.15, -0.1) is 0 Å². The van der Waals surface area contributed by atoms with E-state index in [2.05, 4.69) is 21.2 Å². The van der Waals surface area contributed by atoms with Gasteiger partial charge in [0.25, 0.3) is 0 Å². The summed E-state index contributed by atoms with van der Waals surface area (Å²) in [4.78, 5) is 0. The molecular weight excluding hydrogens is 347 g/mol. The first-order valence-corrected chi connectivity index (χ1v) is 7.01. The number of alkyl halides is 3. The summed E-state index contributed by atoms with van der Waals surface area (Å²) < 4.78 is 38.0. The SMILES string of the molecule is OC(CNc1ccc(C(F)(F)F)cc1Br)c1ccccc1. The van der Waals surface area contributed by atoms with Crippen LogP contribution in [0.25, 0.3) is 0 Å². The van der Waals surface area contributed by atoms with Crippen LogP contribution in [0.3, 0.4) is 0 Å². The average Bonchev–Trinajstić information content (AvgIpc) is 2.45. The van der Waals surface area contributed by atoms with Crippen molar-refractivity contribution in [3.63, 3.8) is 0 Å². The summed E-state index contributed by atoms with van der Waals surface area (Å²) in [5.41, 5.74) is 0.523. The van der Waals surface area contributed by atoms with E-state index in [-0.39, 0.29) is 6.54 Å². The minimum Gasteiger partial charge on any atom is -0.387 e. The molecule has 2 rings (SSSR count). The van der Waals surface area contributed by atoms with Crippen molar-refractivity contribution < 1.29 is 18.3 Å². The van der Waals surface area contributed by atoms with Crippen molar-refractivity contribution in [3.8, 4) is 0 Å². The number of anilines is 1. The van der Waals surface area contributed by atoms with E-state index in [1.165, 1.54) is 6.07 Å². The van der Waals surface area contributed by atoms with Crippen LogP contribution in [-0.4, -0.2) is 11.7 Å². The van der Waals surface area contributed by atoms with Crippen molar-refractivity contribution >= 4 is 21.6 Å². The summed E-state index contributed by atoms with van der Waals surface area (Å²) in [5, 5.41) is 12.9. The van der Waals surface area contributed by atoms with Gasteiger partial charge in [0.2, 0.25) is 0 Å². The molecule has 1 unspecified atom stereocenters. The van der Waals surface area contributed by atoms with Crippen LogP contribution in [0.2, 0.25) is 0 Å². The van der Waals surface area contributed by atoms with Gasteiger partial charge in [-0.2, -0.15) is 13.2 Å². The molecule has 112 valence electrons. The molecule has 2 N–H and O–H groups in total. The third kappa shape index (κ3) is 4.22. The second-order valence-electron chi connectivity index (χ2n) is 4.50. The molecule has 0 aliphatic heterocycles. The monoisotopic (exact) mass is 359 g/mol. The zero-order valence-electron chi connectivity index (χ0n) is 10.9. The second-order valence-corrected chi connectivity index (χ2v) is 5.35. The Morgan fingerprint density at radius 2 is 1.76 bits per heavy atom. The Hall–Kier alpha value is -1.53. The van der Waals surface area contributed by atoms with Crippen molar-refractivity contribution in [2.75, 3.05) is 11.9 Å². The number of benzene rings is 2. The predicted octanol–water partition coefficient (Wildman–Crippen LogP) is 4.61. The number of aliphatic hydroxyl groups excluding tert-OH is 1. The summed E-state index contributed by atoms with van der Waals surface area (Å²) in [6.07, 6.45) is -5.11. The zero-order chi connectivity index (χ0) is 15.5. The van der Waals surface area contributed by atoms with E-state index in [1.807, 2.05) is 18.2 Å². The molecule has 0 heterocycles. The molecule has 6 heteroatoms. The molecule has 21 heavy (non-hydrogen) atoms. The topological polar surface area (TPSA) is 32.3 Å². The molecule has 0 spiro atoms. The van der Waals surface area contributed by atoms with Gasteiger partial charge in [-0.3, -0.25) is 0 Å². The summed E-state index contributed by atoms with van der Waals surface area (Å²) in [6, 6.07) is 12.4. The Morgan fingerprint density at radius 3 is 2.33 bits per heavy atom. The Balaban J connectivity index is 2.04. The van der Waals surface area contributed by atoms with Gasteiger partial charge in [0.15, 0.2) is 0 Å². The van der Waals surface area contributed by atoms with E-state index in [1.54, 1.807) is 12.1 Å². The summed E-state index contributed by atoms with van der Waals surface area (Å²) >= 11 is 3.10. The third-order valence-corrected chi connectivity index (χ3v) is 3.62. The van der Waals surface area contributed by atoms with Crippen molar-refractivity contribution in [2.24, 2.45) is 0 Å². The highest BCUT2D eigenvalue weighted by molar-refractivity contribution is 9.10. The van der Waals surface area contributed by atoms with Gasteiger partial charge in [0.05, 0.1) is 11.7 Å². The van der Waals surface area contributed by atoms with Gasteiger partial charge in [0, 0.05) is 16.7 Å². The maximum absolute atomic E-state index is 12.6. The van der Waals surface area contributed by atoms with Gasteiger partial charge in [-0.05, 0) is 39.7 Å². The Kier molecular flexibility index (Phi) is 4.90. The molecule has 2 aromatic carbocycles. The number of hydrogen-bond donors (Lipinski definition) is 2. The molecule has 0 saturated carbocycles. The van der Waals surface area contributed by atoms with Crippen LogP contribution in [0.1, 0.15) is 17.2 Å². The van der Waals surface area contributed by atoms with E-state index >= 15 is 0 Å². The quantitative estimate of drug-likeness (QED) is 0.835. The minimum absolute atomic E-state index is 0.202. The van der Waals surface area contributed by atoms with E-state index in [4.69, 9.17) is 0 Å². The molecule has 2 aromatic rings. The number of rotatable bonds is 4. The van der Waals surface area contributed by atoms with Gasteiger partial charge in [-0.1, -0.05) is 30.3 Å². The van der Waals surface area contributed by atoms with E-state index in [0.717, 1.165) is 17.7 Å². The van der Waals surface area contributed by atoms with Crippen LogP contribution in [0.5, 0.6) is 0 Å². The van der Waals surface area contributed by atoms with Crippen LogP contribution in [0, 0.1) is 0 Å². The first-order chi connectivity index (χ1) is 9.88. The Labute approximate surface area is 128 Å². The number of halogens is 4. The lowest BCUT2D eigenvalue weighted by molar-refractivity contribution is -0.137. The van der Waals surface area contributed by atoms with Gasteiger partial charge in [-0.25, -0.2) is 0 Å². The highest BCUT2D eigenvalue weighted by atomic mass is 79.9. The summed E-state index contributed by atoms with van der Waals surface area (Å²) in [7, 11) is 0. The lowest BCUT2D eigenvalue weighted by Gasteiger charge is -2.15. The fourth-order valence-electron chi connectivity index (χ4n) is 1.83. The molecule has 0 aliphatic carbocycles. The first-order valence-electron chi connectivity index (χ1n) is 6.21. The van der Waals surface area contributed by atoms with E-state index in [9.17, 15) is 18.3 Å². The normalized spacial score (nSPS) is 13.0. The molecule has 0 aliphatic rings. The van der Waals surface area contributed by atoms with Crippen LogP contribution >= 0.6 is 15.9 Å². The maximum atomic E-state index is 12.6.